The molecule has 3 aromatic rings. The Bertz CT molecular complexity index is 838. The summed E-state index contributed by atoms with van der Waals surface area (Å²) >= 11 is 0. The maximum Gasteiger partial charge on any atom is 0.249 e. The second-order valence-corrected chi connectivity index (χ2v) is 6.33. The van der Waals surface area contributed by atoms with Crippen LogP contribution in [0.4, 0.5) is 0 Å². The molecular formula is C18H21N5O2. The number of hydrogen-bond donors (Lipinski definition) is 1. The van der Waals surface area contributed by atoms with Crippen LogP contribution in [0.1, 0.15) is 31.3 Å². The van der Waals surface area contributed by atoms with Gasteiger partial charge in [0.25, 0.3) is 0 Å². The fraction of sp³-hybridized carbons (Fsp3) is 0.333. The fourth-order valence-electron chi connectivity index (χ4n) is 2.50. The topological polar surface area (TPSA) is 85.8 Å². The van der Waals surface area contributed by atoms with Crippen molar-refractivity contribution in [1.29, 1.82) is 0 Å². The Morgan fingerprint density at radius 3 is 2.68 bits per heavy atom. The van der Waals surface area contributed by atoms with Crippen molar-refractivity contribution < 1.29 is 9.32 Å². The van der Waals surface area contributed by atoms with Crippen LogP contribution in [0, 0.1) is 12.8 Å². The van der Waals surface area contributed by atoms with Crippen molar-refractivity contribution in [2.24, 2.45) is 5.92 Å². The monoisotopic (exact) mass is 339 g/mol. The molecule has 0 aliphatic rings. The number of carbonyl (C=O) groups excluding carboxylic acids is 1. The van der Waals surface area contributed by atoms with E-state index in [1.54, 1.807) is 10.9 Å². The maximum absolute atomic E-state index is 12.3. The minimum absolute atomic E-state index is 0.104. The SMILES string of the molecule is Cc1cnn(CC(=O)NC(c2nc(-c3ccccc3)no2)C(C)C)c1. The highest BCUT2D eigenvalue weighted by Gasteiger charge is 2.25. The molecule has 0 radical (unpaired) electrons. The standard InChI is InChI=1S/C18H21N5O2/c1-12(2)16(20-15(24)11-23-10-13(3)9-19-23)18-21-17(22-25-18)14-7-5-4-6-8-14/h4-10,12,16H,11H2,1-3H3,(H,20,24). The van der Waals surface area contributed by atoms with Gasteiger partial charge in [0.2, 0.25) is 17.6 Å². The van der Waals surface area contributed by atoms with Crippen LogP contribution in [-0.2, 0) is 11.3 Å². The Hall–Kier alpha value is -2.96. The third-order valence-corrected chi connectivity index (χ3v) is 3.79. The van der Waals surface area contributed by atoms with E-state index in [0.29, 0.717) is 11.7 Å². The molecule has 1 N–H and O–H groups in total. The van der Waals surface area contributed by atoms with E-state index in [1.807, 2.05) is 57.3 Å². The third kappa shape index (κ3) is 4.12. The van der Waals surface area contributed by atoms with Crippen LogP contribution >= 0.6 is 0 Å². The lowest BCUT2D eigenvalue weighted by Crippen LogP contribution is -2.34. The molecule has 0 aliphatic heterocycles. The lowest BCUT2D eigenvalue weighted by molar-refractivity contribution is -0.123. The summed E-state index contributed by atoms with van der Waals surface area (Å²) < 4.78 is 7.00. The highest BCUT2D eigenvalue weighted by molar-refractivity contribution is 5.76. The number of aromatic nitrogens is 4. The Balaban J connectivity index is 1.73. The van der Waals surface area contributed by atoms with E-state index in [1.165, 1.54) is 0 Å². The van der Waals surface area contributed by atoms with Crippen molar-refractivity contribution in [3.63, 3.8) is 0 Å². The Morgan fingerprint density at radius 2 is 2.04 bits per heavy atom. The first-order chi connectivity index (χ1) is 12.0. The van der Waals surface area contributed by atoms with Crippen LogP contribution < -0.4 is 5.32 Å². The molecule has 0 saturated heterocycles. The number of rotatable bonds is 6. The number of nitrogens with one attached hydrogen (secondary N) is 1. The molecule has 1 unspecified atom stereocenters. The van der Waals surface area contributed by atoms with Crippen molar-refractivity contribution in [3.8, 4) is 11.4 Å². The van der Waals surface area contributed by atoms with Gasteiger partial charge in [-0.05, 0) is 18.4 Å². The van der Waals surface area contributed by atoms with Crippen LogP contribution in [0.15, 0.2) is 47.2 Å². The summed E-state index contributed by atoms with van der Waals surface area (Å²) in [7, 11) is 0. The molecule has 130 valence electrons. The van der Waals surface area contributed by atoms with Crippen LogP contribution in [-0.4, -0.2) is 25.8 Å². The molecule has 2 heterocycles. The van der Waals surface area contributed by atoms with Gasteiger partial charge in [-0.25, -0.2) is 0 Å². The molecule has 2 aromatic heterocycles. The predicted octanol–water partition coefficient (Wildman–Crippen LogP) is 2.76. The van der Waals surface area contributed by atoms with Crippen molar-refractivity contribution in [1.82, 2.24) is 25.2 Å². The minimum Gasteiger partial charge on any atom is -0.342 e. The molecular weight excluding hydrogens is 318 g/mol. The number of aryl methyl sites for hydroxylation is 1. The zero-order chi connectivity index (χ0) is 17.8. The summed E-state index contributed by atoms with van der Waals surface area (Å²) in [5.74, 6) is 0.866. The molecule has 25 heavy (non-hydrogen) atoms. The molecule has 7 nitrogen and oxygen atoms in total. The summed E-state index contributed by atoms with van der Waals surface area (Å²) in [5.41, 5.74) is 1.89. The number of nitrogens with zero attached hydrogens (tertiary/aromatic N) is 4. The van der Waals surface area contributed by atoms with Gasteiger partial charge in [-0.1, -0.05) is 49.3 Å². The van der Waals surface area contributed by atoms with Crippen LogP contribution in [0.3, 0.4) is 0 Å². The predicted molar refractivity (Wildman–Crippen MR) is 92.4 cm³/mol. The number of amides is 1. The summed E-state index contributed by atoms with van der Waals surface area (Å²) in [6.07, 6.45) is 3.54. The van der Waals surface area contributed by atoms with E-state index in [9.17, 15) is 4.79 Å². The first-order valence-corrected chi connectivity index (χ1v) is 8.20. The van der Waals surface area contributed by atoms with Gasteiger partial charge in [0.1, 0.15) is 12.6 Å². The van der Waals surface area contributed by atoms with Crippen molar-refractivity contribution in [2.75, 3.05) is 0 Å². The highest BCUT2D eigenvalue weighted by atomic mass is 16.5. The van der Waals surface area contributed by atoms with Gasteiger partial charge in [0, 0.05) is 11.8 Å². The largest absolute Gasteiger partial charge is 0.342 e. The van der Waals surface area contributed by atoms with Crippen LogP contribution in [0.5, 0.6) is 0 Å². The van der Waals surface area contributed by atoms with E-state index in [4.69, 9.17) is 4.52 Å². The van der Waals surface area contributed by atoms with E-state index < -0.39 is 0 Å². The van der Waals surface area contributed by atoms with E-state index in [-0.39, 0.29) is 24.4 Å². The van der Waals surface area contributed by atoms with Crippen molar-refractivity contribution >= 4 is 5.91 Å². The maximum atomic E-state index is 12.3. The summed E-state index contributed by atoms with van der Waals surface area (Å²) in [4.78, 5) is 16.8. The molecule has 7 heteroatoms. The fourth-order valence-corrected chi connectivity index (χ4v) is 2.50. The van der Waals surface area contributed by atoms with Crippen molar-refractivity contribution in [2.45, 2.75) is 33.4 Å². The van der Waals surface area contributed by atoms with E-state index in [2.05, 4.69) is 20.6 Å². The average Bonchev–Trinajstić information content (AvgIpc) is 3.22. The van der Waals surface area contributed by atoms with Gasteiger partial charge in [0.15, 0.2) is 0 Å². The van der Waals surface area contributed by atoms with Gasteiger partial charge in [-0.3, -0.25) is 9.48 Å². The zero-order valence-electron chi connectivity index (χ0n) is 14.5. The summed E-state index contributed by atoms with van der Waals surface area (Å²) in [6, 6.07) is 9.24. The molecule has 0 fully saturated rings. The number of carbonyl (C=O) groups is 1. The first-order valence-electron chi connectivity index (χ1n) is 8.20. The lowest BCUT2D eigenvalue weighted by Gasteiger charge is -2.18. The quantitative estimate of drug-likeness (QED) is 0.746. The van der Waals surface area contributed by atoms with Gasteiger partial charge >= 0.3 is 0 Å². The zero-order valence-corrected chi connectivity index (χ0v) is 14.5. The molecule has 0 bridgehead atoms. The van der Waals surface area contributed by atoms with Crippen LogP contribution in [0.2, 0.25) is 0 Å². The van der Waals surface area contributed by atoms with Gasteiger partial charge in [-0.15, -0.1) is 0 Å². The normalized spacial score (nSPS) is 12.3. The molecule has 0 aliphatic carbocycles. The summed E-state index contributed by atoms with van der Waals surface area (Å²) in [6.45, 7) is 6.07. The van der Waals surface area contributed by atoms with Crippen LogP contribution in [0.25, 0.3) is 11.4 Å². The Labute approximate surface area is 146 Å². The lowest BCUT2D eigenvalue weighted by atomic mass is 10.0. The number of hydrogen-bond acceptors (Lipinski definition) is 5. The molecule has 1 amide bonds. The van der Waals surface area contributed by atoms with Gasteiger partial charge < -0.3 is 9.84 Å². The highest BCUT2D eigenvalue weighted by Crippen LogP contribution is 2.23. The Kier molecular flexibility index (Phi) is 4.92. The molecule has 0 spiro atoms. The van der Waals surface area contributed by atoms with Crippen molar-refractivity contribution in [3.05, 3.63) is 54.2 Å². The van der Waals surface area contributed by atoms with Gasteiger partial charge in [-0.2, -0.15) is 10.1 Å². The molecule has 0 saturated carbocycles. The summed E-state index contributed by atoms with van der Waals surface area (Å²) in [5, 5.41) is 11.1. The van der Waals surface area contributed by atoms with E-state index in [0.717, 1.165) is 11.1 Å². The average molecular weight is 339 g/mol. The molecule has 1 atom stereocenters. The second-order valence-electron chi connectivity index (χ2n) is 6.33. The second kappa shape index (κ2) is 7.29. The third-order valence-electron chi connectivity index (χ3n) is 3.79. The number of benzene rings is 1. The first kappa shape index (κ1) is 16.9. The smallest absolute Gasteiger partial charge is 0.249 e. The Morgan fingerprint density at radius 1 is 1.28 bits per heavy atom. The molecule has 3 rings (SSSR count). The van der Waals surface area contributed by atoms with Gasteiger partial charge in [0.05, 0.1) is 6.20 Å². The van der Waals surface area contributed by atoms with E-state index >= 15 is 0 Å². The molecule has 1 aromatic carbocycles. The minimum atomic E-state index is -0.353.